The second-order valence-corrected chi connectivity index (χ2v) is 3.72. The van der Waals surface area contributed by atoms with Gasteiger partial charge in [0.1, 0.15) is 24.6 Å². The minimum atomic E-state index is -0.581. The fraction of sp³-hybridized carbons (Fsp3) is 0.385. The molecular formula is C13H15FO4. The standard InChI is InChI=1S/C13H15FO4/c1-3-17-13(16)7-11(15)8-18-12-6-10(14)5-4-9(12)2/h4-6H,3,7-8H2,1-2H3. The van der Waals surface area contributed by atoms with E-state index in [0.717, 1.165) is 5.56 Å². The number of hydrogen-bond donors (Lipinski definition) is 0. The number of ketones is 1. The highest BCUT2D eigenvalue weighted by Gasteiger charge is 2.11. The van der Waals surface area contributed by atoms with Crippen molar-refractivity contribution in [3.8, 4) is 5.75 Å². The highest BCUT2D eigenvalue weighted by atomic mass is 19.1. The van der Waals surface area contributed by atoms with Crippen LogP contribution in [0.15, 0.2) is 18.2 Å². The number of ether oxygens (including phenoxy) is 2. The first kappa shape index (κ1) is 14.2. The Morgan fingerprint density at radius 3 is 2.72 bits per heavy atom. The lowest BCUT2D eigenvalue weighted by Gasteiger charge is -2.08. The average Bonchev–Trinajstić information content (AvgIpc) is 2.30. The number of Topliss-reactive ketones (excluding diaryl/α,β-unsaturated/α-hetero) is 1. The molecule has 0 aliphatic heterocycles. The van der Waals surface area contributed by atoms with Gasteiger partial charge in [0.15, 0.2) is 5.78 Å². The number of benzene rings is 1. The normalized spacial score (nSPS) is 9.94. The van der Waals surface area contributed by atoms with E-state index in [2.05, 4.69) is 4.74 Å². The maximum absolute atomic E-state index is 12.9. The van der Waals surface area contributed by atoms with Crippen molar-refractivity contribution in [2.24, 2.45) is 0 Å². The van der Waals surface area contributed by atoms with E-state index in [1.165, 1.54) is 12.1 Å². The van der Waals surface area contributed by atoms with Crippen LogP contribution in [0.3, 0.4) is 0 Å². The molecule has 4 nitrogen and oxygen atoms in total. The summed E-state index contributed by atoms with van der Waals surface area (Å²) < 4.78 is 22.7. The molecule has 98 valence electrons. The van der Waals surface area contributed by atoms with Gasteiger partial charge in [0, 0.05) is 6.07 Å². The molecule has 1 aromatic rings. The van der Waals surface area contributed by atoms with Crippen LogP contribution in [0, 0.1) is 12.7 Å². The van der Waals surface area contributed by atoms with Crippen LogP contribution in [0.4, 0.5) is 4.39 Å². The molecule has 0 atom stereocenters. The Morgan fingerprint density at radius 1 is 1.33 bits per heavy atom. The zero-order valence-corrected chi connectivity index (χ0v) is 10.4. The molecule has 1 rings (SSSR count). The maximum atomic E-state index is 12.9. The van der Waals surface area contributed by atoms with Crippen molar-refractivity contribution in [2.75, 3.05) is 13.2 Å². The summed E-state index contributed by atoms with van der Waals surface area (Å²) in [7, 11) is 0. The van der Waals surface area contributed by atoms with E-state index in [0.29, 0.717) is 5.75 Å². The van der Waals surface area contributed by atoms with E-state index in [1.54, 1.807) is 19.9 Å². The first-order valence-corrected chi connectivity index (χ1v) is 5.59. The van der Waals surface area contributed by atoms with E-state index in [4.69, 9.17) is 4.74 Å². The minimum absolute atomic E-state index is 0.232. The Balaban J connectivity index is 2.47. The lowest BCUT2D eigenvalue weighted by Crippen LogP contribution is -2.17. The molecule has 0 aliphatic carbocycles. The van der Waals surface area contributed by atoms with Crippen molar-refractivity contribution < 1.29 is 23.5 Å². The molecule has 0 unspecified atom stereocenters. The summed E-state index contributed by atoms with van der Waals surface area (Å²) in [4.78, 5) is 22.4. The van der Waals surface area contributed by atoms with Gasteiger partial charge < -0.3 is 9.47 Å². The third kappa shape index (κ3) is 4.53. The Bertz CT molecular complexity index is 443. The van der Waals surface area contributed by atoms with Crippen LogP contribution in [-0.4, -0.2) is 25.0 Å². The van der Waals surface area contributed by atoms with Gasteiger partial charge in [-0.3, -0.25) is 9.59 Å². The van der Waals surface area contributed by atoms with Gasteiger partial charge in [0.25, 0.3) is 0 Å². The quantitative estimate of drug-likeness (QED) is 0.575. The molecule has 0 aromatic heterocycles. The molecule has 18 heavy (non-hydrogen) atoms. The van der Waals surface area contributed by atoms with Crippen molar-refractivity contribution in [3.63, 3.8) is 0 Å². The average molecular weight is 254 g/mol. The fourth-order valence-electron chi connectivity index (χ4n) is 1.31. The van der Waals surface area contributed by atoms with Gasteiger partial charge in [-0.05, 0) is 25.5 Å². The summed E-state index contributed by atoms with van der Waals surface area (Å²) in [5, 5.41) is 0. The number of aryl methyl sites for hydroxylation is 1. The lowest BCUT2D eigenvalue weighted by atomic mass is 10.2. The highest BCUT2D eigenvalue weighted by Crippen LogP contribution is 2.18. The van der Waals surface area contributed by atoms with E-state index in [9.17, 15) is 14.0 Å². The maximum Gasteiger partial charge on any atom is 0.313 e. The van der Waals surface area contributed by atoms with Crippen LogP contribution >= 0.6 is 0 Å². The minimum Gasteiger partial charge on any atom is -0.485 e. The van der Waals surface area contributed by atoms with Crippen LogP contribution in [0.5, 0.6) is 5.75 Å². The summed E-state index contributed by atoms with van der Waals surface area (Å²) in [5.74, 6) is -1.13. The van der Waals surface area contributed by atoms with Gasteiger partial charge in [-0.2, -0.15) is 0 Å². The van der Waals surface area contributed by atoms with Crippen LogP contribution in [0.25, 0.3) is 0 Å². The Hall–Kier alpha value is -1.91. The van der Waals surface area contributed by atoms with Crippen LogP contribution in [0.2, 0.25) is 0 Å². The number of rotatable bonds is 6. The monoisotopic (exact) mass is 254 g/mol. The molecule has 0 saturated heterocycles. The first-order chi connectivity index (χ1) is 8.52. The van der Waals surface area contributed by atoms with Crippen molar-refractivity contribution in [3.05, 3.63) is 29.6 Å². The largest absolute Gasteiger partial charge is 0.485 e. The summed E-state index contributed by atoms with van der Waals surface area (Å²) in [6.45, 7) is 3.36. The Kier molecular flexibility index (Phi) is 5.30. The third-order valence-electron chi connectivity index (χ3n) is 2.19. The molecule has 0 radical (unpaired) electrons. The SMILES string of the molecule is CCOC(=O)CC(=O)COc1cc(F)ccc1C. The zero-order valence-electron chi connectivity index (χ0n) is 10.4. The summed E-state index contributed by atoms with van der Waals surface area (Å²) in [5.41, 5.74) is 0.723. The zero-order chi connectivity index (χ0) is 13.5. The van der Waals surface area contributed by atoms with E-state index in [-0.39, 0.29) is 19.6 Å². The molecule has 0 aliphatic rings. The molecule has 5 heteroatoms. The van der Waals surface area contributed by atoms with Crippen LogP contribution in [0.1, 0.15) is 18.9 Å². The molecular weight excluding hydrogens is 239 g/mol. The number of carbonyl (C=O) groups excluding carboxylic acids is 2. The van der Waals surface area contributed by atoms with Gasteiger partial charge >= 0.3 is 5.97 Å². The summed E-state index contributed by atoms with van der Waals surface area (Å²) in [6.07, 6.45) is -0.331. The Morgan fingerprint density at radius 2 is 2.06 bits per heavy atom. The second-order valence-electron chi connectivity index (χ2n) is 3.72. The van der Waals surface area contributed by atoms with Crippen molar-refractivity contribution in [1.82, 2.24) is 0 Å². The van der Waals surface area contributed by atoms with Gasteiger partial charge in [-0.1, -0.05) is 6.07 Å². The predicted octanol–water partition coefficient (Wildman–Crippen LogP) is 2.04. The van der Waals surface area contributed by atoms with Gasteiger partial charge in [-0.15, -0.1) is 0 Å². The lowest BCUT2D eigenvalue weighted by molar-refractivity contribution is -0.145. The fourth-order valence-corrected chi connectivity index (χ4v) is 1.31. The van der Waals surface area contributed by atoms with Gasteiger partial charge in [-0.25, -0.2) is 4.39 Å². The molecule has 0 spiro atoms. The number of hydrogen-bond acceptors (Lipinski definition) is 4. The third-order valence-corrected chi connectivity index (χ3v) is 2.19. The Labute approximate surface area is 105 Å². The van der Waals surface area contributed by atoms with Crippen molar-refractivity contribution in [2.45, 2.75) is 20.3 Å². The molecule has 0 heterocycles. The number of esters is 1. The predicted molar refractivity (Wildman–Crippen MR) is 62.9 cm³/mol. The number of halogens is 1. The molecule has 0 fully saturated rings. The smallest absolute Gasteiger partial charge is 0.313 e. The molecule has 0 N–H and O–H groups in total. The van der Waals surface area contributed by atoms with Crippen LogP contribution in [-0.2, 0) is 14.3 Å². The highest BCUT2D eigenvalue weighted by molar-refractivity contribution is 5.96. The second kappa shape index (κ2) is 6.74. The number of carbonyl (C=O) groups is 2. The van der Waals surface area contributed by atoms with Gasteiger partial charge in [0.05, 0.1) is 6.61 Å². The summed E-state index contributed by atoms with van der Waals surface area (Å²) >= 11 is 0. The molecule has 0 amide bonds. The van der Waals surface area contributed by atoms with E-state index < -0.39 is 17.6 Å². The molecule has 0 saturated carbocycles. The first-order valence-electron chi connectivity index (χ1n) is 5.59. The van der Waals surface area contributed by atoms with E-state index in [1.807, 2.05) is 0 Å². The van der Waals surface area contributed by atoms with Gasteiger partial charge in [0.2, 0.25) is 0 Å². The van der Waals surface area contributed by atoms with Crippen LogP contribution < -0.4 is 4.74 Å². The van der Waals surface area contributed by atoms with Crippen molar-refractivity contribution >= 4 is 11.8 Å². The van der Waals surface area contributed by atoms with Crippen molar-refractivity contribution in [1.29, 1.82) is 0 Å². The molecule has 1 aromatic carbocycles. The topological polar surface area (TPSA) is 52.6 Å². The summed E-state index contributed by atoms with van der Waals surface area (Å²) in [6, 6.07) is 4.07. The molecule has 0 bridgehead atoms. The van der Waals surface area contributed by atoms with E-state index >= 15 is 0 Å².